The normalized spacial score (nSPS) is 18.8. The summed E-state index contributed by atoms with van der Waals surface area (Å²) in [4.78, 5) is 34.1. The standard InChI is InChI=1S/C22H25N5O2/c1-15-8-7-9-16(14-15)23-22(29)25-19-21(28)26(2)18-11-4-3-10-17(18)20(24-19)27-12-5-6-13-27/h3-4,7-11,14,19H,5-6,12-13H2,1-2H3,(H2,23,25,29). The highest BCUT2D eigenvalue weighted by Gasteiger charge is 2.32. The van der Waals surface area contributed by atoms with Crippen molar-refractivity contribution in [2.45, 2.75) is 25.9 Å². The van der Waals surface area contributed by atoms with Crippen molar-refractivity contribution in [1.82, 2.24) is 10.2 Å². The highest BCUT2D eigenvalue weighted by atomic mass is 16.2. The van der Waals surface area contributed by atoms with E-state index >= 15 is 0 Å². The molecule has 1 saturated heterocycles. The van der Waals surface area contributed by atoms with Crippen LogP contribution in [0.1, 0.15) is 24.0 Å². The van der Waals surface area contributed by atoms with Crippen LogP contribution in [0.5, 0.6) is 0 Å². The molecule has 2 aromatic carbocycles. The van der Waals surface area contributed by atoms with E-state index in [1.165, 1.54) is 0 Å². The van der Waals surface area contributed by atoms with E-state index in [4.69, 9.17) is 4.99 Å². The summed E-state index contributed by atoms with van der Waals surface area (Å²) in [5.41, 5.74) is 3.42. The number of benzene rings is 2. The summed E-state index contributed by atoms with van der Waals surface area (Å²) in [7, 11) is 1.72. The number of nitrogens with one attached hydrogen (secondary N) is 2. The van der Waals surface area contributed by atoms with E-state index in [-0.39, 0.29) is 5.91 Å². The minimum Gasteiger partial charge on any atom is -0.356 e. The van der Waals surface area contributed by atoms with Gasteiger partial charge in [0.05, 0.1) is 5.69 Å². The van der Waals surface area contributed by atoms with Crippen LogP contribution < -0.4 is 15.5 Å². The number of fused-ring (bicyclic) bond motifs is 1. The van der Waals surface area contributed by atoms with Crippen molar-refractivity contribution in [3.05, 3.63) is 59.7 Å². The van der Waals surface area contributed by atoms with Crippen LogP contribution in [-0.4, -0.2) is 49.0 Å². The second kappa shape index (κ2) is 7.95. The van der Waals surface area contributed by atoms with Gasteiger partial charge in [0, 0.05) is 31.4 Å². The topological polar surface area (TPSA) is 77.0 Å². The van der Waals surface area contributed by atoms with Gasteiger partial charge in [0.15, 0.2) is 0 Å². The van der Waals surface area contributed by atoms with E-state index in [9.17, 15) is 9.59 Å². The summed E-state index contributed by atoms with van der Waals surface area (Å²) in [5, 5.41) is 5.53. The van der Waals surface area contributed by atoms with Crippen molar-refractivity contribution in [2.24, 2.45) is 4.99 Å². The molecule has 0 bridgehead atoms. The van der Waals surface area contributed by atoms with Crippen LogP contribution in [0.2, 0.25) is 0 Å². The lowest BCUT2D eigenvalue weighted by Gasteiger charge is -2.22. The number of aliphatic imine (C=N–C) groups is 1. The molecule has 2 aliphatic heterocycles. The average molecular weight is 391 g/mol. The molecule has 4 rings (SSSR count). The number of aryl methyl sites for hydroxylation is 1. The number of amides is 3. The Morgan fingerprint density at radius 2 is 1.86 bits per heavy atom. The lowest BCUT2D eigenvalue weighted by Crippen LogP contribution is -2.47. The minimum absolute atomic E-state index is 0.272. The fourth-order valence-electron chi connectivity index (χ4n) is 3.79. The summed E-state index contributed by atoms with van der Waals surface area (Å²) >= 11 is 0. The number of para-hydroxylation sites is 1. The van der Waals surface area contributed by atoms with E-state index in [0.29, 0.717) is 5.69 Å². The molecular weight excluding hydrogens is 366 g/mol. The summed E-state index contributed by atoms with van der Waals surface area (Å²) in [6.07, 6.45) is 1.20. The third-order valence-electron chi connectivity index (χ3n) is 5.27. The maximum absolute atomic E-state index is 13.1. The summed E-state index contributed by atoms with van der Waals surface area (Å²) < 4.78 is 0. The van der Waals surface area contributed by atoms with Gasteiger partial charge in [-0.25, -0.2) is 9.79 Å². The quantitative estimate of drug-likeness (QED) is 0.826. The van der Waals surface area contributed by atoms with Gasteiger partial charge in [-0.1, -0.05) is 24.3 Å². The van der Waals surface area contributed by atoms with Crippen LogP contribution in [0, 0.1) is 6.92 Å². The van der Waals surface area contributed by atoms with Gasteiger partial charge in [0.2, 0.25) is 6.17 Å². The van der Waals surface area contributed by atoms with Crippen molar-refractivity contribution in [3.63, 3.8) is 0 Å². The number of likely N-dealkylation sites (N-methyl/N-ethyl adjacent to an activating group) is 1. The third kappa shape index (κ3) is 3.94. The monoisotopic (exact) mass is 391 g/mol. The van der Waals surface area contributed by atoms with Gasteiger partial charge in [-0.2, -0.15) is 0 Å². The number of carbonyl (C=O) groups excluding carboxylic acids is 2. The molecule has 2 aromatic rings. The number of hydrogen-bond donors (Lipinski definition) is 2. The molecule has 2 aliphatic rings. The summed E-state index contributed by atoms with van der Waals surface area (Å²) in [6.45, 7) is 3.75. The Bertz CT molecular complexity index is 965. The molecule has 150 valence electrons. The highest BCUT2D eigenvalue weighted by Crippen LogP contribution is 2.27. The first-order valence-electron chi connectivity index (χ1n) is 9.87. The van der Waals surface area contributed by atoms with Gasteiger partial charge in [0.25, 0.3) is 5.91 Å². The SMILES string of the molecule is Cc1cccc(NC(=O)NC2N=C(N3CCCC3)c3ccccc3N(C)C2=O)c1. The maximum Gasteiger partial charge on any atom is 0.321 e. The van der Waals surface area contributed by atoms with Gasteiger partial charge in [-0.3, -0.25) is 4.79 Å². The third-order valence-corrected chi connectivity index (χ3v) is 5.27. The molecule has 2 N–H and O–H groups in total. The van der Waals surface area contributed by atoms with Crippen molar-refractivity contribution < 1.29 is 9.59 Å². The first kappa shape index (κ1) is 19.0. The molecule has 0 aliphatic carbocycles. The van der Waals surface area contributed by atoms with Gasteiger partial charge < -0.3 is 20.4 Å². The largest absolute Gasteiger partial charge is 0.356 e. The van der Waals surface area contributed by atoms with Gasteiger partial charge in [-0.15, -0.1) is 0 Å². The Morgan fingerprint density at radius 3 is 2.62 bits per heavy atom. The fraction of sp³-hybridized carbons (Fsp3) is 0.318. The number of carbonyl (C=O) groups is 2. The predicted molar refractivity (Wildman–Crippen MR) is 114 cm³/mol. The molecule has 0 radical (unpaired) electrons. The van der Waals surface area contributed by atoms with Crippen LogP contribution in [-0.2, 0) is 4.79 Å². The number of hydrogen-bond acceptors (Lipinski definition) is 4. The second-order valence-electron chi connectivity index (χ2n) is 7.43. The van der Waals surface area contributed by atoms with E-state index in [1.807, 2.05) is 55.5 Å². The molecule has 1 atom stereocenters. The zero-order chi connectivity index (χ0) is 20.4. The van der Waals surface area contributed by atoms with E-state index in [0.717, 1.165) is 48.6 Å². The van der Waals surface area contributed by atoms with Gasteiger partial charge >= 0.3 is 6.03 Å². The van der Waals surface area contributed by atoms with E-state index < -0.39 is 12.2 Å². The predicted octanol–water partition coefficient (Wildman–Crippen LogP) is 2.96. The van der Waals surface area contributed by atoms with Crippen LogP contribution in [0.4, 0.5) is 16.2 Å². The molecule has 7 nitrogen and oxygen atoms in total. The number of urea groups is 1. The molecule has 29 heavy (non-hydrogen) atoms. The molecule has 2 heterocycles. The highest BCUT2D eigenvalue weighted by molar-refractivity contribution is 6.12. The maximum atomic E-state index is 13.1. The Kier molecular flexibility index (Phi) is 5.20. The number of rotatable bonds is 2. The minimum atomic E-state index is -0.993. The van der Waals surface area contributed by atoms with Crippen molar-refractivity contribution in [2.75, 3.05) is 30.4 Å². The molecule has 1 unspecified atom stereocenters. The fourth-order valence-corrected chi connectivity index (χ4v) is 3.79. The molecule has 1 fully saturated rings. The van der Waals surface area contributed by atoms with Crippen LogP contribution in [0.25, 0.3) is 0 Å². The smallest absolute Gasteiger partial charge is 0.321 e. The summed E-state index contributed by atoms with van der Waals surface area (Å²) in [5.74, 6) is 0.489. The number of likely N-dealkylation sites (tertiary alicyclic amines) is 1. The number of benzodiazepines with no additional fused rings is 1. The second-order valence-corrected chi connectivity index (χ2v) is 7.43. The lowest BCUT2D eigenvalue weighted by atomic mass is 10.1. The van der Waals surface area contributed by atoms with Crippen molar-refractivity contribution in [3.8, 4) is 0 Å². The summed E-state index contributed by atoms with van der Waals surface area (Å²) in [6, 6.07) is 14.8. The lowest BCUT2D eigenvalue weighted by molar-refractivity contribution is -0.119. The zero-order valence-electron chi connectivity index (χ0n) is 16.7. The Hall–Kier alpha value is -3.35. The Morgan fingerprint density at radius 1 is 1.10 bits per heavy atom. The molecule has 0 aromatic heterocycles. The molecule has 7 heteroatoms. The van der Waals surface area contributed by atoms with Crippen LogP contribution in [0.15, 0.2) is 53.5 Å². The van der Waals surface area contributed by atoms with Crippen molar-refractivity contribution in [1.29, 1.82) is 0 Å². The number of nitrogens with zero attached hydrogens (tertiary/aromatic N) is 3. The van der Waals surface area contributed by atoms with E-state index in [2.05, 4.69) is 15.5 Å². The van der Waals surface area contributed by atoms with Crippen molar-refractivity contribution >= 4 is 29.1 Å². The first-order valence-corrected chi connectivity index (χ1v) is 9.87. The molecule has 0 saturated carbocycles. The molecular formula is C22H25N5O2. The number of anilines is 2. The average Bonchev–Trinajstić information content (AvgIpc) is 3.21. The zero-order valence-corrected chi connectivity index (χ0v) is 16.7. The Labute approximate surface area is 170 Å². The van der Waals surface area contributed by atoms with Gasteiger partial charge in [0.1, 0.15) is 5.84 Å². The number of amidine groups is 1. The van der Waals surface area contributed by atoms with Gasteiger partial charge in [-0.05, 0) is 49.6 Å². The van der Waals surface area contributed by atoms with Crippen LogP contribution >= 0.6 is 0 Å². The Balaban J connectivity index is 1.63. The molecule has 3 amide bonds. The molecule has 0 spiro atoms. The first-order chi connectivity index (χ1) is 14.0. The van der Waals surface area contributed by atoms with Crippen LogP contribution in [0.3, 0.4) is 0 Å². The van der Waals surface area contributed by atoms with E-state index in [1.54, 1.807) is 11.9 Å².